The number of thioether (sulfide) groups is 1. The van der Waals surface area contributed by atoms with Gasteiger partial charge in [-0.3, -0.25) is 9.59 Å². The Kier molecular flexibility index (Phi) is 6.11. The molecule has 0 radical (unpaired) electrons. The average Bonchev–Trinajstić information content (AvgIpc) is 2.32. The molecule has 0 aliphatic rings. The van der Waals surface area contributed by atoms with E-state index in [0.717, 1.165) is 12.1 Å². The molecule has 2 amide bonds. The molecule has 0 heterocycles. The number of amides is 2. The fourth-order valence-corrected chi connectivity index (χ4v) is 2.15. The highest BCUT2D eigenvalue weighted by molar-refractivity contribution is 7.98. The van der Waals surface area contributed by atoms with E-state index in [1.165, 1.54) is 6.07 Å². The van der Waals surface area contributed by atoms with Crippen molar-refractivity contribution in [2.75, 3.05) is 17.3 Å². The van der Waals surface area contributed by atoms with Crippen molar-refractivity contribution in [3.8, 4) is 0 Å². The van der Waals surface area contributed by atoms with Crippen molar-refractivity contribution in [1.29, 1.82) is 0 Å². The van der Waals surface area contributed by atoms with E-state index in [-0.39, 0.29) is 16.8 Å². The van der Waals surface area contributed by atoms with Gasteiger partial charge in [-0.05, 0) is 31.4 Å². The molecular formula is C12H14ClFN2O2S. The van der Waals surface area contributed by atoms with Gasteiger partial charge in [-0.2, -0.15) is 11.8 Å². The Morgan fingerprint density at radius 1 is 1.42 bits per heavy atom. The average molecular weight is 305 g/mol. The van der Waals surface area contributed by atoms with E-state index >= 15 is 0 Å². The lowest BCUT2D eigenvalue weighted by atomic mass is 10.3. The lowest BCUT2D eigenvalue weighted by molar-refractivity contribution is -0.136. The van der Waals surface area contributed by atoms with E-state index in [4.69, 9.17) is 11.6 Å². The molecule has 1 unspecified atom stereocenters. The smallest absolute Gasteiger partial charge is 0.313 e. The first-order chi connectivity index (χ1) is 8.93. The van der Waals surface area contributed by atoms with Gasteiger partial charge in [-0.1, -0.05) is 11.6 Å². The molecule has 4 nitrogen and oxygen atoms in total. The van der Waals surface area contributed by atoms with Crippen LogP contribution in [-0.2, 0) is 9.59 Å². The Bertz CT molecular complexity index is 485. The summed E-state index contributed by atoms with van der Waals surface area (Å²) >= 11 is 7.31. The molecule has 1 aromatic rings. The minimum absolute atomic E-state index is 0.0401. The Morgan fingerprint density at radius 3 is 2.68 bits per heavy atom. The second-order valence-corrected chi connectivity index (χ2v) is 5.23. The van der Waals surface area contributed by atoms with Crippen molar-refractivity contribution in [1.82, 2.24) is 5.32 Å². The van der Waals surface area contributed by atoms with Crippen LogP contribution in [0.1, 0.15) is 6.92 Å². The fourth-order valence-electron chi connectivity index (χ4n) is 1.35. The summed E-state index contributed by atoms with van der Waals surface area (Å²) in [7, 11) is 0. The Labute approximate surface area is 120 Å². The van der Waals surface area contributed by atoms with Gasteiger partial charge in [-0.15, -0.1) is 0 Å². The minimum Gasteiger partial charge on any atom is -0.345 e. The van der Waals surface area contributed by atoms with Gasteiger partial charge in [0.05, 0.1) is 10.7 Å². The number of benzene rings is 1. The molecule has 1 rings (SSSR count). The van der Waals surface area contributed by atoms with Crippen LogP contribution in [0.25, 0.3) is 0 Å². The molecule has 0 aliphatic heterocycles. The Hall–Kier alpha value is -1.27. The molecular weight excluding hydrogens is 291 g/mol. The molecule has 0 fully saturated rings. The third-order valence-electron chi connectivity index (χ3n) is 2.18. The summed E-state index contributed by atoms with van der Waals surface area (Å²) in [6.45, 7) is 1.80. The standard InChI is InChI=1S/C12H14ClFN2O2S/c1-7(6-19-2)15-11(17)12(18)16-10-4-3-8(14)5-9(10)13/h3-5,7H,6H2,1-2H3,(H,15,17)(H,16,18). The number of carbonyl (C=O) groups excluding carboxylic acids is 2. The summed E-state index contributed by atoms with van der Waals surface area (Å²) in [5.41, 5.74) is 0.195. The number of halogens is 2. The summed E-state index contributed by atoms with van der Waals surface area (Å²) in [5, 5.41) is 4.91. The SMILES string of the molecule is CSCC(C)NC(=O)C(=O)Nc1ccc(F)cc1Cl. The quantitative estimate of drug-likeness (QED) is 0.839. The van der Waals surface area contributed by atoms with E-state index in [2.05, 4.69) is 10.6 Å². The molecule has 19 heavy (non-hydrogen) atoms. The summed E-state index contributed by atoms with van der Waals surface area (Å²) < 4.78 is 12.8. The van der Waals surface area contributed by atoms with Crippen LogP contribution in [-0.4, -0.2) is 29.9 Å². The normalized spacial score (nSPS) is 11.8. The van der Waals surface area contributed by atoms with Gasteiger partial charge in [0.2, 0.25) is 0 Å². The van der Waals surface area contributed by atoms with Gasteiger partial charge < -0.3 is 10.6 Å². The van der Waals surface area contributed by atoms with Gasteiger partial charge in [-0.25, -0.2) is 4.39 Å². The molecule has 2 N–H and O–H groups in total. The number of hydrogen-bond acceptors (Lipinski definition) is 3. The zero-order valence-corrected chi connectivity index (χ0v) is 12.1. The van der Waals surface area contributed by atoms with Gasteiger partial charge >= 0.3 is 11.8 Å². The molecule has 1 atom stereocenters. The van der Waals surface area contributed by atoms with E-state index in [1.54, 1.807) is 18.7 Å². The van der Waals surface area contributed by atoms with Crippen LogP contribution in [0, 0.1) is 5.82 Å². The Balaban J connectivity index is 2.61. The topological polar surface area (TPSA) is 58.2 Å². The lowest BCUT2D eigenvalue weighted by Crippen LogP contribution is -2.41. The van der Waals surface area contributed by atoms with Gasteiger partial charge in [0.25, 0.3) is 0 Å². The minimum atomic E-state index is -0.832. The van der Waals surface area contributed by atoms with Crippen LogP contribution in [0.4, 0.5) is 10.1 Å². The monoisotopic (exact) mass is 304 g/mol. The van der Waals surface area contributed by atoms with Crippen LogP contribution in [0.5, 0.6) is 0 Å². The van der Waals surface area contributed by atoms with Crippen LogP contribution in [0.15, 0.2) is 18.2 Å². The Morgan fingerprint density at radius 2 is 2.11 bits per heavy atom. The molecule has 7 heteroatoms. The second kappa shape index (κ2) is 7.35. The highest BCUT2D eigenvalue weighted by Gasteiger charge is 2.17. The third kappa shape index (κ3) is 5.08. The van der Waals surface area contributed by atoms with Gasteiger partial charge in [0.15, 0.2) is 0 Å². The highest BCUT2D eigenvalue weighted by atomic mass is 35.5. The molecule has 0 saturated heterocycles. The van der Waals surface area contributed by atoms with Crippen molar-refractivity contribution in [2.45, 2.75) is 13.0 Å². The second-order valence-electron chi connectivity index (χ2n) is 3.91. The van der Waals surface area contributed by atoms with Crippen molar-refractivity contribution in [3.63, 3.8) is 0 Å². The largest absolute Gasteiger partial charge is 0.345 e. The van der Waals surface area contributed by atoms with Crippen molar-refractivity contribution in [2.24, 2.45) is 0 Å². The molecule has 104 valence electrons. The highest BCUT2D eigenvalue weighted by Crippen LogP contribution is 2.22. The van der Waals surface area contributed by atoms with E-state index < -0.39 is 17.6 Å². The van der Waals surface area contributed by atoms with Crippen LogP contribution in [0.3, 0.4) is 0 Å². The maximum absolute atomic E-state index is 12.8. The first kappa shape index (κ1) is 15.8. The zero-order chi connectivity index (χ0) is 14.4. The van der Waals surface area contributed by atoms with Crippen LogP contribution in [0.2, 0.25) is 5.02 Å². The fraction of sp³-hybridized carbons (Fsp3) is 0.333. The number of hydrogen-bond donors (Lipinski definition) is 2. The van der Waals surface area contributed by atoms with E-state index in [0.29, 0.717) is 5.75 Å². The predicted molar refractivity (Wildman–Crippen MR) is 76.0 cm³/mol. The van der Waals surface area contributed by atoms with E-state index in [9.17, 15) is 14.0 Å². The lowest BCUT2D eigenvalue weighted by Gasteiger charge is -2.12. The molecule has 0 spiro atoms. The predicted octanol–water partition coefficient (Wildman–Crippen LogP) is 2.29. The maximum atomic E-state index is 12.8. The zero-order valence-electron chi connectivity index (χ0n) is 10.5. The molecule has 0 saturated carbocycles. The summed E-state index contributed by atoms with van der Waals surface area (Å²) in [5.74, 6) is -1.39. The number of nitrogens with one attached hydrogen (secondary N) is 2. The molecule has 1 aromatic carbocycles. The first-order valence-electron chi connectivity index (χ1n) is 5.50. The van der Waals surface area contributed by atoms with Crippen LogP contribution >= 0.6 is 23.4 Å². The third-order valence-corrected chi connectivity index (χ3v) is 3.33. The summed E-state index contributed by atoms with van der Waals surface area (Å²) in [6.07, 6.45) is 1.90. The van der Waals surface area contributed by atoms with Crippen molar-refractivity contribution >= 4 is 40.9 Å². The first-order valence-corrected chi connectivity index (χ1v) is 7.27. The molecule has 0 aliphatic carbocycles. The maximum Gasteiger partial charge on any atom is 0.313 e. The van der Waals surface area contributed by atoms with Crippen LogP contribution < -0.4 is 10.6 Å². The summed E-state index contributed by atoms with van der Waals surface area (Å²) in [4.78, 5) is 23.2. The number of anilines is 1. The van der Waals surface area contributed by atoms with Crippen molar-refractivity contribution < 1.29 is 14.0 Å². The molecule has 0 bridgehead atoms. The van der Waals surface area contributed by atoms with Gasteiger partial charge in [0, 0.05) is 11.8 Å². The number of carbonyl (C=O) groups is 2. The molecule has 0 aromatic heterocycles. The van der Waals surface area contributed by atoms with Crippen molar-refractivity contribution in [3.05, 3.63) is 29.0 Å². The number of rotatable bonds is 4. The summed E-state index contributed by atoms with van der Waals surface area (Å²) in [6, 6.07) is 3.40. The van der Waals surface area contributed by atoms with E-state index in [1.807, 2.05) is 6.26 Å². The van der Waals surface area contributed by atoms with Gasteiger partial charge in [0.1, 0.15) is 5.82 Å².